The van der Waals surface area contributed by atoms with Crippen LogP contribution in [0.5, 0.6) is 0 Å². The molecular formula is C11H22N2O2S. The van der Waals surface area contributed by atoms with Gasteiger partial charge in [-0.25, -0.2) is 0 Å². The Morgan fingerprint density at radius 2 is 2.44 bits per heavy atom. The molecule has 1 aliphatic rings. The van der Waals surface area contributed by atoms with Crippen LogP contribution in [0.4, 0.5) is 0 Å². The fourth-order valence-electron chi connectivity index (χ4n) is 1.56. The highest BCUT2D eigenvalue weighted by Gasteiger charge is 2.20. The number of hydrogen-bond acceptors (Lipinski definition) is 4. The molecule has 0 spiro atoms. The summed E-state index contributed by atoms with van der Waals surface area (Å²) in [6.07, 6.45) is 1.14. The molecule has 1 rings (SSSR count). The number of thioether (sulfide) groups is 1. The van der Waals surface area contributed by atoms with Crippen molar-refractivity contribution in [2.75, 3.05) is 31.2 Å². The first-order valence-corrected chi connectivity index (χ1v) is 6.97. The minimum Gasteiger partial charge on any atom is -0.375 e. The van der Waals surface area contributed by atoms with Crippen molar-refractivity contribution in [2.24, 2.45) is 5.73 Å². The molecule has 0 aliphatic carbocycles. The van der Waals surface area contributed by atoms with E-state index in [1.54, 1.807) is 11.8 Å². The van der Waals surface area contributed by atoms with Crippen LogP contribution in [-0.2, 0) is 9.53 Å². The van der Waals surface area contributed by atoms with Crippen molar-refractivity contribution in [2.45, 2.75) is 32.4 Å². The summed E-state index contributed by atoms with van der Waals surface area (Å²) in [5, 5.41) is 0. The molecule has 0 saturated carbocycles. The maximum absolute atomic E-state index is 11.8. The highest BCUT2D eigenvalue weighted by atomic mass is 32.2. The smallest absolute Gasteiger partial charge is 0.232 e. The van der Waals surface area contributed by atoms with Gasteiger partial charge in [-0.05, 0) is 26.0 Å². The summed E-state index contributed by atoms with van der Waals surface area (Å²) in [6, 6.07) is 0.228. The molecular weight excluding hydrogens is 224 g/mol. The summed E-state index contributed by atoms with van der Waals surface area (Å²) >= 11 is 1.67. The number of morpholine rings is 1. The average Bonchev–Trinajstić information content (AvgIpc) is 2.24. The minimum absolute atomic E-state index is 0.173. The molecule has 2 atom stereocenters. The van der Waals surface area contributed by atoms with Crippen molar-refractivity contribution >= 4 is 17.7 Å². The molecule has 0 aromatic rings. The molecule has 4 nitrogen and oxygen atoms in total. The first kappa shape index (κ1) is 13.8. The predicted octanol–water partition coefficient (Wildman–Crippen LogP) is 0.704. The van der Waals surface area contributed by atoms with Crippen LogP contribution in [0.15, 0.2) is 0 Å². The van der Waals surface area contributed by atoms with Gasteiger partial charge >= 0.3 is 0 Å². The largest absolute Gasteiger partial charge is 0.375 e. The average molecular weight is 246 g/mol. The number of nitrogens with zero attached hydrogens (tertiary/aromatic N) is 1. The van der Waals surface area contributed by atoms with Gasteiger partial charge in [0.2, 0.25) is 5.91 Å². The van der Waals surface area contributed by atoms with Crippen LogP contribution in [0.25, 0.3) is 0 Å². The topological polar surface area (TPSA) is 55.6 Å². The lowest BCUT2D eigenvalue weighted by molar-refractivity contribution is -0.135. The predicted molar refractivity (Wildman–Crippen MR) is 67.6 cm³/mol. The van der Waals surface area contributed by atoms with E-state index in [4.69, 9.17) is 10.5 Å². The number of rotatable bonds is 5. The zero-order valence-electron chi connectivity index (χ0n) is 10.1. The van der Waals surface area contributed by atoms with Gasteiger partial charge in [0.25, 0.3) is 0 Å². The highest BCUT2D eigenvalue weighted by Crippen LogP contribution is 2.09. The minimum atomic E-state index is 0.173. The molecule has 0 aromatic heterocycles. The van der Waals surface area contributed by atoms with Gasteiger partial charge in [-0.3, -0.25) is 4.79 Å². The van der Waals surface area contributed by atoms with E-state index in [2.05, 4.69) is 0 Å². The Balaban J connectivity index is 2.14. The van der Waals surface area contributed by atoms with Gasteiger partial charge in [0.05, 0.1) is 18.5 Å². The van der Waals surface area contributed by atoms with Crippen molar-refractivity contribution < 1.29 is 9.53 Å². The van der Waals surface area contributed by atoms with Crippen molar-refractivity contribution in [1.82, 2.24) is 4.90 Å². The summed E-state index contributed by atoms with van der Waals surface area (Å²) in [6.45, 7) is 6.12. The Morgan fingerprint density at radius 3 is 3.06 bits per heavy atom. The monoisotopic (exact) mass is 246 g/mol. The Labute approximate surface area is 102 Å². The standard InChI is InChI=1S/C11H22N2O2S/c1-9(12)3-6-16-8-11(14)13-4-5-15-10(2)7-13/h9-10H,3-8,12H2,1-2H3. The quantitative estimate of drug-likeness (QED) is 0.726. The van der Waals surface area contributed by atoms with Gasteiger partial charge in [0.1, 0.15) is 0 Å². The molecule has 1 saturated heterocycles. The SMILES string of the molecule is CC(N)CCSCC(=O)N1CCOC(C)C1. The van der Waals surface area contributed by atoms with E-state index < -0.39 is 0 Å². The summed E-state index contributed by atoms with van der Waals surface area (Å²) in [5.41, 5.74) is 5.65. The summed E-state index contributed by atoms with van der Waals surface area (Å²) in [7, 11) is 0. The lowest BCUT2D eigenvalue weighted by Gasteiger charge is -2.31. The van der Waals surface area contributed by atoms with E-state index in [0.717, 1.165) is 25.3 Å². The maximum atomic E-state index is 11.8. The lowest BCUT2D eigenvalue weighted by atomic mass is 10.3. The third-order valence-electron chi connectivity index (χ3n) is 2.54. The fourth-order valence-corrected chi connectivity index (χ4v) is 2.60. The van der Waals surface area contributed by atoms with Crippen molar-refractivity contribution in [1.29, 1.82) is 0 Å². The van der Waals surface area contributed by atoms with Crippen molar-refractivity contribution in [3.05, 3.63) is 0 Å². The van der Waals surface area contributed by atoms with Crippen LogP contribution in [-0.4, -0.2) is 54.2 Å². The van der Waals surface area contributed by atoms with Crippen molar-refractivity contribution in [3.63, 3.8) is 0 Å². The molecule has 94 valence electrons. The molecule has 2 unspecified atom stereocenters. The molecule has 0 bridgehead atoms. The van der Waals surface area contributed by atoms with E-state index in [1.165, 1.54) is 0 Å². The summed E-state index contributed by atoms with van der Waals surface area (Å²) in [4.78, 5) is 13.7. The van der Waals surface area contributed by atoms with Crippen LogP contribution in [0.3, 0.4) is 0 Å². The third kappa shape index (κ3) is 5.18. The lowest BCUT2D eigenvalue weighted by Crippen LogP contribution is -2.45. The Kier molecular flexibility index (Phi) is 6.16. The van der Waals surface area contributed by atoms with Gasteiger partial charge in [0.15, 0.2) is 0 Å². The van der Waals surface area contributed by atoms with E-state index in [0.29, 0.717) is 12.4 Å². The van der Waals surface area contributed by atoms with E-state index in [-0.39, 0.29) is 18.1 Å². The zero-order chi connectivity index (χ0) is 12.0. The number of hydrogen-bond donors (Lipinski definition) is 1. The van der Waals surface area contributed by atoms with Crippen LogP contribution < -0.4 is 5.73 Å². The molecule has 1 aliphatic heterocycles. The normalized spacial score (nSPS) is 23.2. The summed E-state index contributed by atoms with van der Waals surface area (Å²) in [5.74, 6) is 1.76. The van der Waals surface area contributed by atoms with E-state index in [1.807, 2.05) is 18.7 Å². The second-order valence-corrected chi connectivity index (χ2v) is 5.44. The van der Waals surface area contributed by atoms with Crippen LogP contribution in [0, 0.1) is 0 Å². The summed E-state index contributed by atoms with van der Waals surface area (Å²) < 4.78 is 5.40. The maximum Gasteiger partial charge on any atom is 0.232 e. The number of carbonyl (C=O) groups is 1. The first-order valence-electron chi connectivity index (χ1n) is 5.82. The Morgan fingerprint density at radius 1 is 1.69 bits per heavy atom. The van der Waals surface area contributed by atoms with E-state index in [9.17, 15) is 4.79 Å². The Bertz CT molecular complexity index is 224. The van der Waals surface area contributed by atoms with Gasteiger partial charge in [-0.2, -0.15) is 11.8 Å². The number of carbonyl (C=O) groups excluding carboxylic acids is 1. The molecule has 0 radical (unpaired) electrons. The van der Waals surface area contributed by atoms with E-state index >= 15 is 0 Å². The molecule has 1 amide bonds. The van der Waals surface area contributed by atoms with Crippen molar-refractivity contribution in [3.8, 4) is 0 Å². The second kappa shape index (κ2) is 7.14. The Hall–Kier alpha value is -0.260. The van der Waals surface area contributed by atoms with Gasteiger partial charge in [-0.1, -0.05) is 0 Å². The molecule has 0 aromatic carbocycles. The molecule has 16 heavy (non-hydrogen) atoms. The second-order valence-electron chi connectivity index (χ2n) is 4.34. The van der Waals surface area contributed by atoms with Crippen LogP contribution >= 0.6 is 11.8 Å². The number of amides is 1. The first-order chi connectivity index (χ1) is 7.59. The van der Waals surface area contributed by atoms with Gasteiger partial charge in [0, 0.05) is 19.1 Å². The zero-order valence-corrected chi connectivity index (χ0v) is 11.0. The van der Waals surface area contributed by atoms with Crippen LogP contribution in [0.1, 0.15) is 20.3 Å². The van der Waals surface area contributed by atoms with Gasteiger partial charge in [-0.15, -0.1) is 0 Å². The fraction of sp³-hybridized carbons (Fsp3) is 0.909. The highest BCUT2D eigenvalue weighted by molar-refractivity contribution is 7.99. The molecule has 1 heterocycles. The third-order valence-corrected chi connectivity index (χ3v) is 3.51. The molecule has 2 N–H and O–H groups in total. The number of nitrogens with two attached hydrogens (primary N) is 1. The van der Waals surface area contributed by atoms with Crippen LogP contribution in [0.2, 0.25) is 0 Å². The van der Waals surface area contributed by atoms with Gasteiger partial charge < -0.3 is 15.4 Å². The number of ether oxygens (including phenoxy) is 1. The molecule has 1 fully saturated rings. The molecule has 5 heteroatoms.